The van der Waals surface area contributed by atoms with Crippen molar-refractivity contribution in [2.75, 3.05) is 59.8 Å². The van der Waals surface area contributed by atoms with Crippen molar-refractivity contribution in [2.45, 2.75) is 39.6 Å². The summed E-state index contributed by atoms with van der Waals surface area (Å²) in [6.07, 6.45) is 4.10. The number of ether oxygens (including phenoxy) is 1. The van der Waals surface area contributed by atoms with Gasteiger partial charge >= 0.3 is 12.4 Å². The summed E-state index contributed by atoms with van der Waals surface area (Å²) in [7, 11) is 1.67. The summed E-state index contributed by atoms with van der Waals surface area (Å²) in [6, 6.07) is 9.23. The zero-order valence-corrected chi connectivity index (χ0v) is 28.0. The minimum Gasteiger partial charge on any atom is -0.405 e. The van der Waals surface area contributed by atoms with Crippen LogP contribution in [0.5, 0.6) is 0 Å². The van der Waals surface area contributed by atoms with Gasteiger partial charge in [0.15, 0.2) is 0 Å². The van der Waals surface area contributed by atoms with Gasteiger partial charge in [-0.3, -0.25) is 9.80 Å². The lowest BCUT2D eigenvalue weighted by atomic mass is 10.0. The van der Waals surface area contributed by atoms with E-state index in [9.17, 15) is 18.0 Å². The Morgan fingerprint density at radius 2 is 1.84 bits per heavy atom. The third kappa shape index (κ3) is 6.85. The number of allylic oxidation sites excluding steroid dienone is 3. The van der Waals surface area contributed by atoms with Crippen molar-refractivity contribution >= 4 is 40.6 Å². The van der Waals surface area contributed by atoms with Crippen molar-refractivity contribution in [1.82, 2.24) is 29.8 Å². The molecule has 0 atom stereocenters. The predicted molar refractivity (Wildman–Crippen MR) is 185 cm³/mol. The van der Waals surface area contributed by atoms with Crippen LogP contribution < -0.4 is 20.0 Å². The zero-order chi connectivity index (χ0) is 35.0. The molecule has 1 fully saturated rings. The highest BCUT2D eigenvalue weighted by molar-refractivity contribution is 6.05. The molecule has 3 aliphatic rings. The van der Waals surface area contributed by atoms with Gasteiger partial charge in [0.2, 0.25) is 5.95 Å². The fourth-order valence-corrected chi connectivity index (χ4v) is 6.43. The number of H-pyrrole nitrogens is 1. The molecule has 0 spiro atoms. The first kappa shape index (κ1) is 33.1. The van der Waals surface area contributed by atoms with E-state index < -0.39 is 6.36 Å². The number of amides is 2. The molecule has 2 aliphatic heterocycles. The van der Waals surface area contributed by atoms with E-state index in [1.54, 1.807) is 30.4 Å². The van der Waals surface area contributed by atoms with Gasteiger partial charge in [0, 0.05) is 61.8 Å². The number of alkyl halides is 3. The quantitative estimate of drug-likeness (QED) is 0.211. The number of anilines is 5. The van der Waals surface area contributed by atoms with E-state index in [-0.39, 0.29) is 18.3 Å². The van der Waals surface area contributed by atoms with Gasteiger partial charge in [-0.05, 0) is 56.1 Å². The second-order valence-electron chi connectivity index (χ2n) is 12.4. The van der Waals surface area contributed by atoms with Crippen LogP contribution in [0.15, 0.2) is 66.8 Å². The number of aromatic amines is 1. The maximum absolute atomic E-state index is 13.8. The number of hydrogen-bond donors (Lipinski definition) is 2. The van der Waals surface area contributed by atoms with Gasteiger partial charge in [-0.15, -0.1) is 13.2 Å². The van der Waals surface area contributed by atoms with E-state index in [0.717, 1.165) is 55.4 Å². The van der Waals surface area contributed by atoms with Gasteiger partial charge in [0.05, 0.1) is 30.3 Å². The van der Waals surface area contributed by atoms with Crippen LogP contribution in [0.2, 0.25) is 0 Å². The largest absolute Gasteiger partial charge is 0.573 e. The van der Waals surface area contributed by atoms with Gasteiger partial charge in [-0.2, -0.15) is 4.98 Å². The summed E-state index contributed by atoms with van der Waals surface area (Å²) >= 11 is 0. The molecule has 2 N–H and O–H groups in total. The Kier molecular flexibility index (Phi) is 8.90. The van der Waals surface area contributed by atoms with Gasteiger partial charge in [0.1, 0.15) is 23.2 Å². The Hall–Kier alpha value is -5.44. The number of likely N-dealkylation sites (N-methyl/N-ethyl adjacent to an activating group) is 1. The van der Waals surface area contributed by atoms with Crippen LogP contribution in [0, 0.1) is 6.92 Å². The lowest BCUT2D eigenvalue weighted by molar-refractivity contribution is -0.303. The van der Waals surface area contributed by atoms with Crippen molar-refractivity contribution in [3.05, 3.63) is 83.7 Å². The third-order valence-electron chi connectivity index (χ3n) is 9.18. The highest BCUT2D eigenvalue weighted by Crippen LogP contribution is 2.36. The Morgan fingerprint density at radius 3 is 2.58 bits per heavy atom. The van der Waals surface area contributed by atoms with Crippen molar-refractivity contribution in [1.29, 1.82) is 0 Å². The average Bonchev–Trinajstić information content (AvgIpc) is 3.61. The number of halogens is 3. The fourth-order valence-electron chi connectivity index (χ4n) is 6.43. The molecule has 3 aromatic heterocycles. The highest BCUT2D eigenvalue weighted by atomic mass is 19.4. The summed E-state index contributed by atoms with van der Waals surface area (Å²) < 4.78 is 43.4. The number of pyridine rings is 1. The van der Waals surface area contributed by atoms with Crippen molar-refractivity contribution < 1.29 is 22.7 Å². The number of carbonyl (C=O) groups excluding carboxylic acids is 1. The second-order valence-corrected chi connectivity index (χ2v) is 12.4. The van der Waals surface area contributed by atoms with E-state index in [1.165, 1.54) is 17.2 Å². The molecular weight excluding hydrogens is 649 g/mol. The van der Waals surface area contributed by atoms with E-state index in [0.29, 0.717) is 53.0 Å². The van der Waals surface area contributed by atoms with E-state index in [4.69, 9.17) is 0 Å². The molecule has 12 nitrogen and oxygen atoms in total. The van der Waals surface area contributed by atoms with Gasteiger partial charge in [0.25, 0.3) is 0 Å². The number of rotatable bonds is 8. The summed E-state index contributed by atoms with van der Waals surface area (Å²) in [5.41, 5.74) is 4.51. The van der Waals surface area contributed by atoms with Crippen LogP contribution in [-0.2, 0) is 11.3 Å². The standard InChI is InChI=1S/C35H37F3N10O2/c1-4-46-13-15-47(16-14-46)30-12-11-25(19-39-30)42-33-41-18-24-21-48(34(49)45(3)32(24)44-33)28-17-23(10-9-22(28)2)31-40-20-27(43-31)26-7-5-6-8-29(26)50-35(36,37)38/h6,8-12,17-20H,4-5,7,13-16,21H2,1-3H3,(H,40,43)(H,41,42,44). The van der Waals surface area contributed by atoms with Crippen LogP contribution >= 0.6 is 0 Å². The SMILES string of the molecule is CCN1CCN(c2ccc(Nc3ncc4c(n3)N(C)C(=O)N(c3cc(-c5ncc(C6=C(OC(F)(F)F)C=CCC6)[nH]5)ccc3C)C4)cn2)CC1. The van der Waals surface area contributed by atoms with Crippen LogP contribution in [-0.4, -0.2) is 82.0 Å². The molecule has 1 saturated heterocycles. The van der Waals surface area contributed by atoms with Crippen LogP contribution in [0.25, 0.3) is 17.0 Å². The Balaban J connectivity index is 1.08. The van der Waals surface area contributed by atoms with E-state index >= 15 is 0 Å². The predicted octanol–water partition coefficient (Wildman–Crippen LogP) is 6.63. The molecule has 0 bridgehead atoms. The van der Waals surface area contributed by atoms with Crippen molar-refractivity contribution in [3.8, 4) is 11.4 Å². The molecular formula is C35H37F3N10O2. The fraction of sp³-hybridized carbons (Fsp3) is 0.343. The number of imidazole rings is 1. The minimum atomic E-state index is -4.80. The van der Waals surface area contributed by atoms with E-state index in [1.807, 2.05) is 37.3 Å². The molecule has 0 saturated carbocycles. The van der Waals surface area contributed by atoms with Crippen LogP contribution in [0.1, 0.15) is 36.6 Å². The molecule has 15 heteroatoms. The first-order valence-electron chi connectivity index (χ1n) is 16.5. The van der Waals surface area contributed by atoms with Crippen molar-refractivity contribution in [2.24, 2.45) is 0 Å². The molecule has 1 aliphatic carbocycles. The Morgan fingerprint density at radius 1 is 1.02 bits per heavy atom. The number of nitrogens with one attached hydrogen (secondary N) is 2. The molecule has 4 aromatic rings. The number of aromatic nitrogens is 5. The van der Waals surface area contributed by atoms with Gasteiger partial charge in [-0.25, -0.2) is 19.7 Å². The smallest absolute Gasteiger partial charge is 0.405 e. The molecule has 5 heterocycles. The van der Waals surface area contributed by atoms with Crippen LogP contribution in [0.4, 0.5) is 46.9 Å². The monoisotopic (exact) mass is 686 g/mol. The minimum absolute atomic E-state index is 0.241. The van der Waals surface area contributed by atoms with E-state index in [2.05, 4.69) is 51.7 Å². The Labute approximate surface area is 287 Å². The molecule has 260 valence electrons. The molecule has 1 aromatic carbocycles. The first-order valence-corrected chi connectivity index (χ1v) is 16.5. The number of benzene rings is 1. The number of hydrogen-bond acceptors (Lipinski definition) is 9. The van der Waals surface area contributed by atoms with Gasteiger partial charge < -0.3 is 24.8 Å². The summed E-state index contributed by atoms with van der Waals surface area (Å²) in [6.45, 7) is 9.29. The number of piperazine rings is 1. The maximum atomic E-state index is 13.8. The highest BCUT2D eigenvalue weighted by Gasteiger charge is 2.34. The summed E-state index contributed by atoms with van der Waals surface area (Å²) in [5.74, 6) is 1.98. The average molecular weight is 687 g/mol. The molecule has 7 rings (SSSR count). The number of urea groups is 1. The topological polar surface area (TPSA) is 119 Å². The number of aryl methyl sites for hydroxylation is 1. The first-order chi connectivity index (χ1) is 24.1. The Bertz CT molecular complexity index is 1950. The summed E-state index contributed by atoms with van der Waals surface area (Å²) in [5, 5.41) is 3.21. The molecule has 0 radical (unpaired) electrons. The lowest BCUT2D eigenvalue weighted by Gasteiger charge is -2.35. The molecule has 50 heavy (non-hydrogen) atoms. The lowest BCUT2D eigenvalue weighted by Crippen LogP contribution is -2.46. The number of carbonyl (C=O) groups is 1. The second kappa shape index (κ2) is 13.5. The van der Waals surface area contributed by atoms with Gasteiger partial charge in [-0.1, -0.05) is 25.1 Å². The third-order valence-corrected chi connectivity index (χ3v) is 9.18. The normalized spacial score (nSPS) is 17.0. The maximum Gasteiger partial charge on any atom is 0.573 e. The molecule has 0 unspecified atom stereocenters. The van der Waals surface area contributed by atoms with Crippen molar-refractivity contribution in [3.63, 3.8) is 0 Å². The molecule has 2 amide bonds. The number of nitrogens with zero attached hydrogens (tertiary/aromatic N) is 8. The summed E-state index contributed by atoms with van der Waals surface area (Å²) in [4.78, 5) is 43.0. The zero-order valence-electron chi connectivity index (χ0n) is 28.0. The number of fused-ring (bicyclic) bond motifs is 1. The van der Waals surface area contributed by atoms with Crippen LogP contribution in [0.3, 0.4) is 0 Å².